The van der Waals surface area contributed by atoms with Gasteiger partial charge in [0.2, 0.25) is 5.82 Å². The fourth-order valence-electron chi connectivity index (χ4n) is 1.47. The number of thiazole rings is 1. The molecular weight excluding hydrogens is 306 g/mol. The van der Waals surface area contributed by atoms with Crippen LogP contribution in [0.1, 0.15) is 15.5 Å². The van der Waals surface area contributed by atoms with Crippen LogP contribution in [0, 0.1) is 21.7 Å². The Morgan fingerprint density at radius 3 is 2.71 bits per heavy atom. The van der Waals surface area contributed by atoms with Crippen LogP contribution >= 0.6 is 11.3 Å². The molecule has 2 rings (SSSR count). The molecule has 0 bridgehead atoms. The highest BCUT2D eigenvalue weighted by Gasteiger charge is 2.20. The minimum atomic E-state index is -1.32. The van der Waals surface area contributed by atoms with Gasteiger partial charge in [0.05, 0.1) is 10.6 Å². The van der Waals surface area contributed by atoms with Gasteiger partial charge in [-0.05, 0) is 0 Å². The van der Waals surface area contributed by atoms with Crippen molar-refractivity contribution in [2.75, 3.05) is 5.32 Å². The van der Waals surface area contributed by atoms with Crippen LogP contribution in [0.15, 0.2) is 17.5 Å². The maximum Gasteiger partial charge on any atom is 0.307 e. The predicted octanol–water partition coefficient (Wildman–Crippen LogP) is 2.04. The number of carbonyl (C=O) groups excluding carboxylic acids is 1. The predicted molar refractivity (Wildman–Crippen MR) is 71.0 cm³/mol. The number of nitrogens with zero attached hydrogens (tertiary/aromatic N) is 2. The number of hydrogen-bond donors (Lipinski definition) is 2. The maximum absolute atomic E-state index is 13.5. The zero-order chi connectivity index (χ0) is 15.6. The molecule has 0 saturated carbocycles. The molecule has 0 unspecified atom stereocenters. The Morgan fingerprint density at radius 2 is 2.14 bits per heavy atom. The molecule has 1 heterocycles. The van der Waals surface area contributed by atoms with Crippen molar-refractivity contribution in [1.82, 2.24) is 4.98 Å². The summed E-state index contributed by atoms with van der Waals surface area (Å²) in [6.45, 7) is 0.147. The number of anilines is 1. The number of halogens is 2. The van der Waals surface area contributed by atoms with Crippen molar-refractivity contribution in [3.8, 4) is 0 Å². The van der Waals surface area contributed by atoms with Gasteiger partial charge in [0.1, 0.15) is 16.5 Å². The Bertz CT molecular complexity index is 719. The van der Waals surface area contributed by atoms with Gasteiger partial charge in [-0.3, -0.25) is 14.9 Å². The fraction of sp³-hybridized carbons (Fsp3) is 0.0909. The van der Waals surface area contributed by atoms with Crippen LogP contribution in [-0.2, 0) is 6.54 Å². The highest BCUT2D eigenvalue weighted by molar-refractivity contribution is 7.09. The Balaban J connectivity index is 2.28. The number of carbonyl (C=O) groups is 1. The summed E-state index contributed by atoms with van der Waals surface area (Å²) in [5.74, 6) is -3.22. The van der Waals surface area contributed by atoms with E-state index in [4.69, 9.17) is 5.73 Å². The molecule has 3 N–H and O–H groups in total. The number of nitrogens with one attached hydrogen (secondary N) is 1. The van der Waals surface area contributed by atoms with E-state index < -0.39 is 33.8 Å². The van der Waals surface area contributed by atoms with Crippen LogP contribution in [0.25, 0.3) is 0 Å². The number of rotatable bonds is 4. The SMILES string of the molecule is NCc1nc(C(=O)Nc2cc([N+](=O)[O-])c(F)cc2F)cs1. The van der Waals surface area contributed by atoms with Crippen LogP contribution in [0.4, 0.5) is 20.2 Å². The molecule has 1 aromatic heterocycles. The minimum Gasteiger partial charge on any atom is -0.325 e. The number of hydrogen-bond acceptors (Lipinski definition) is 6. The van der Waals surface area contributed by atoms with Gasteiger partial charge in [0.15, 0.2) is 0 Å². The lowest BCUT2D eigenvalue weighted by Gasteiger charge is -2.05. The van der Waals surface area contributed by atoms with E-state index in [-0.39, 0.29) is 12.2 Å². The maximum atomic E-state index is 13.5. The molecule has 0 aliphatic rings. The van der Waals surface area contributed by atoms with Gasteiger partial charge >= 0.3 is 5.69 Å². The number of benzene rings is 1. The van der Waals surface area contributed by atoms with Crippen molar-refractivity contribution >= 4 is 28.6 Å². The third kappa shape index (κ3) is 3.17. The van der Waals surface area contributed by atoms with Crippen LogP contribution in [0.3, 0.4) is 0 Å². The summed E-state index contributed by atoms with van der Waals surface area (Å²) in [6, 6.07) is 0.943. The molecule has 110 valence electrons. The van der Waals surface area contributed by atoms with E-state index in [0.29, 0.717) is 17.1 Å². The van der Waals surface area contributed by atoms with E-state index in [1.807, 2.05) is 0 Å². The second-order valence-corrected chi connectivity index (χ2v) is 4.77. The summed E-state index contributed by atoms with van der Waals surface area (Å²) < 4.78 is 26.7. The first-order valence-electron chi connectivity index (χ1n) is 5.51. The average molecular weight is 314 g/mol. The highest BCUT2D eigenvalue weighted by atomic mass is 32.1. The summed E-state index contributed by atoms with van der Waals surface area (Å²) >= 11 is 1.14. The first kappa shape index (κ1) is 14.9. The fourth-order valence-corrected chi connectivity index (χ4v) is 2.12. The summed E-state index contributed by atoms with van der Waals surface area (Å²) in [6.07, 6.45) is 0. The van der Waals surface area contributed by atoms with E-state index in [0.717, 1.165) is 11.3 Å². The summed E-state index contributed by atoms with van der Waals surface area (Å²) in [5, 5.41) is 14.6. The summed E-state index contributed by atoms with van der Waals surface area (Å²) in [7, 11) is 0. The van der Waals surface area contributed by atoms with Crippen LogP contribution in [0.5, 0.6) is 0 Å². The van der Waals surface area contributed by atoms with E-state index in [1.54, 1.807) is 0 Å². The molecule has 0 radical (unpaired) electrons. The summed E-state index contributed by atoms with van der Waals surface area (Å²) in [5.41, 5.74) is 3.90. The van der Waals surface area contributed by atoms with E-state index in [2.05, 4.69) is 10.3 Å². The first-order valence-corrected chi connectivity index (χ1v) is 6.39. The molecule has 0 fully saturated rings. The molecule has 2 aromatic rings. The van der Waals surface area contributed by atoms with Crippen molar-refractivity contribution < 1.29 is 18.5 Å². The van der Waals surface area contributed by atoms with Gasteiger partial charge < -0.3 is 11.1 Å². The third-order valence-electron chi connectivity index (χ3n) is 2.44. The van der Waals surface area contributed by atoms with E-state index in [1.165, 1.54) is 5.38 Å². The van der Waals surface area contributed by atoms with Crippen molar-refractivity contribution in [1.29, 1.82) is 0 Å². The third-order valence-corrected chi connectivity index (χ3v) is 3.31. The standard InChI is InChI=1S/C11H8F2N4O3S/c12-5-1-6(13)9(17(19)20)2-7(5)16-11(18)8-4-21-10(3-14)15-8/h1-2,4H,3,14H2,(H,16,18). The van der Waals surface area contributed by atoms with Crippen LogP contribution in [0.2, 0.25) is 0 Å². The Kier molecular flexibility index (Phi) is 4.19. The van der Waals surface area contributed by atoms with Gasteiger partial charge in [0, 0.05) is 24.1 Å². The topological polar surface area (TPSA) is 111 Å². The van der Waals surface area contributed by atoms with E-state index in [9.17, 15) is 23.7 Å². The molecule has 1 amide bonds. The minimum absolute atomic E-state index is 0.00757. The van der Waals surface area contributed by atoms with Crippen molar-refractivity contribution in [2.24, 2.45) is 5.73 Å². The molecule has 0 atom stereocenters. The number of amides is 1. The average Bonchev–Trinajstić information content (AvgIpc) is 2.90. The molecule has 0 saturated heterocycles. The number of nitro groups is 1. The van der Waals surface area contributed by atoms with E-state index >= 15 is 0 Å². The number of aromatic nitrogens is 1. The zero-order valence-electron chi connectivity index (χ0n) is 10.3. The second-order valence-electron chi connectivity index (χ2n) is 3.83. The van der Waals surface area contributed by atoms with Crippen LogP contribution in [-0.4, -0.2) is 15.8 Å². The highest BCUT2D eigenvalue weighted by Crippen LogP contribution is 2.25. The first-order chi connectivity index (χ1) is 9.92. The Labute approximate surface area is 120 Å². The number of nitrogens with two attached hydrogens (primary N) is 1. The number of nitro benzene ring substituents is 1. The molecule has 10 heteroatoms. The lowest BCUT2D eigenvalue weighted by Crippen LogP contribution is -2.14. The molecular formula is C11H8F2N4O3S. The quantitative estimate of drug-likeness (QED) is 0.662. The normalized spacial score (nSPS) is 10.4. The largest absolute Gasteiger partial charge is 0.325 e. The second kappa shape index (κ2) is 5.89. The molecule has 21 heavy (non-hydrogen) atoms. The molecule has 0 spiro atoms. The van der Waals surface area contributed by atoms with Gasteiger partial charge in [0.25, 0.3) is 5.91 Å². The Morgan fingerprint density at radius 1 is 1.43 bits per heavy atom. The zero-order valence-corrected chi connectivity index (χ0v) is 11.1. The van der Waals surface area contributed by atoms with Gasteiger partial charge in [-0.15, -0.1) is 11.3 Å². The molecule has 1 aromatic carbocycles. The van der Waals surface area contributed by atoms with Gasteiger partial charge in [-0.2, -0.15) is 4.39 Å². The molecule has 0 aliphatic carbocycles. The van der Waals surface area contributed by atoms with Crippen molar-refractivity contribution in [3.05, 3.63) is 50.0 Å². The monoisotopic (exact) mass is 314 g/mol. The lowest BCUT2D eigenvalue weighted by atomic mass is 10.2. The van der Waals surface area contributed by atoms with Gasteiger partial charge in [-0.25, -0.2) is 9.37 Å². The lowest BCUT2D eigenvalue weighted by molar-refractivity contribution is -0.387. The smallest absolute Gasteiger partial charge is 0.307 e. The summed E-state index contributed by atoms with van der Waals surface area (Å²) in [4.78, 5) is 25.3. The Hall–Kier alpha value is -2.46. The molecule has 0 aliphatic heterocycles. The van der Waals surface area contributed by atoms with Crippen molar-refractivity contribution in [2.45, 2.75) is 6.54 Å². The molecule has 7 nitrogen and oxygen atoms in total. The van der Waals surface area contributed by atoms with Crippen molar-refractivity contribution in [3.63, 3.8) is 0 Å². The van der Waals surface area contributed by atoms with Crippen LogP contribution < -0.4 is 11.1 Å². The van der Waals surface area contributed by atoms with Gasteiger partial charge in [-0.1, -0.05) is 0 Å².